The summed E-state index contributed by atoms with van der Waals surface area (Å²) in [6.45, 7) is 2.07. The van der Waals surface area contributed by atoms with Gasteiger partial charge in [0.25, 0.3) is 6.01 Å². The van der Waals surface area contributed by atoms with E-state index in [0.29, 0.717) is 11.3 Å². The molecule has 4 heteroatoms. The van der Waals surface area contributed by atoms with Gasteiger partial charge in [0.15, 0.2) is 0 Å². The molecule has 1 aromatic heterocycles. The van der Waals surface area contributed by atoms with Gasteiger partial charge in [0.05, 0.1) is 10.9 Å². The summed E-state index contributed by atoms with van der Waals surface area (Å²) in [4.78, 5) is 4.25. The zero-order valence-corrected chi connectivity index (χ0v) is 8.56. The molecule has 1 saturated heterocycles. The van der Waals surface area contributed by atoms with Crippen LogP contribution >= 0.6 is 11.8 Å². The van der Waals surface area contributed by atoms with Crippen molar-refractivity contribution in [1.82, 2.24) is 4.98 Å². The first-order valence-corrected chi connectivity index (χ1v) is 5.72. The van der Waals surface area contributed by atoms with E-state index < -0.39 is 0 Å². The van der Waals surface area contributed by atoms with Crippen molar-refractivity contribution >= 4 is 17.8 Å². The van der Waals surface area contributed by atoms with Crippen LogP contribution in [-0.4, -0.2) is 10.7 Å². The number of hydrogen-bond donors (Lipinski definition) is 1. The van der Waals surface area contributed by atoms with Gasteiger partial charge in [-0.2, -0.15) is 16.7 Å². The maximum absolute atomic E-state index is 5.54. The molecule has 13 heavy (non-hydrogen) atoms. The van der Waals surface area contributed by atoms with Gasteiger partial charge in [-0.3, -0.25) is 0 Å². The lowest BCUT2D eigenvalue weighted by Gasteiger charge is -2.04. The lowest BCUT2D eigenvalue weighted by Crippen LogP contribution is -1.94. The van der Waals surface area contributed by atoms with E-state index in [2.05, 4.69) is 11.9 Å². The third-order valence-electron chi connectivity index (χ3n) is 2.30. The summed E-state index contributed by atoms with van der Waals surface area (Å²) in [7, 11) is 0. The van der Waals surface area contributed by atoms with Crippen molar-refractivity contribution < 1.29 is 4.42 Å². The van der Waals surface area contributed by atoms with Crippen molar-refractivity contribution in [3.05, 3.63) is 11.5 Å². The Labute approximate surface area is 82.1 Å². The van der Waals surface area contributed by atoms with Gasteiger partial charge in [-0.05, 0) is 18.6 Å². The number of thioether (sulfide) groups is 1. The highest BCUT2D eigenvalue weighted by Crippen LogP contribution is 2.41. The van der Waals surface area contributed by atoms with Crippen LogP contribution in [0.1, 0.15) is 36.5 Å². The topological polar surface area (TPSA) is 52.0 Å². The fraction of sp³-hybridized carbons (Fsp3) is 0.667. The smallest absolute Gasteiger partial charge is 0.292 e. The van der Waals surface area contributed by atoms with Crippen LogP contribution in [0.2, 0.25) is 0 Å². The molecule has 0 radical (unpaired) electrons. The van der Waals surface area contributed by atoms with Crippen molar-refractivity contribution in [3.8, 4) is 0 Å². The fourth-order valence-electron chi connectivity index (χ4n) is 1.68. The minimum Gasteiger partial charge on any atom is -0.429 e. The SMILES string of the molecule is CCc1oc(N)nc1C1CCCS1. The molecule has 0 spiro atoms. The number of nitrogens with zero attached hydrogens (tertiary/aromatic N) is 1. The predicted octanol–water partition coefficient (Wildman–Crippen LogP) is 2.39. The number of nitrogen functional groups attached to an aromatic ring is 1. The lowest BCUT2D eigenvalue weighted by atomic mass is 10.1. The van der Waals surface area contributed by atoms with Crippen molar-refractivity contribution in [1.29, 1.82) is 0 Å². The first-order chi connectivity index (χ1) is 6.31. The van der Waals surface area contributed by atoms with E-state index in [9.17, 15) is 0 Å². The number of oxazole rings is 1. The highest BCUT2D eigenvalue weighted by Gasteiger charge is 2.24. The molecule has 3 nitrogen and oxygen atoms in total. The van der Waals surface area contributed by atoms with Crippen LogP contribution in [0.15, 0.2) is 4.42 Å². The first kappa shape index (κ1) is 8.94. The van der Waals surface area contributed by atoms with Gasteiger partial charge in [0.2, 0.25) is 0 Å². The molecule has 1 fully saturated rings. The number of nitrogens with two attached hydrogens (primary N) is 1. The minimum absolute atomic E-state index is 0.319. The van der Waals surface area contributed by atoms with E-state index >= 15 is 0 Å². The molecule has 1 aliphatic rings. The van der Waals surface area contributed by atoms with Crippen LogP contribution in [0.25, 0.3) is 0 Å². The molecular weight excluding hydrogens is 184 g/mol. The zero-order chi connectivity index (χ0) is 9.26. The van der Waals surface area contributed by atoms with Crippen molar-refractivity contribution in [2.24, 2.45) is 0 Å². The van der Waals surface area contributed by atoms with Crippen molar-refractivity contribution in [2.45, 2.75) is 31.4 Å². The Morgan fingerprint density at radius 2 is 2.54 bits per heavy atom. The Kier molecular flexibility index (Phi) is 2.49. The number of aryl methyl sites for hydroxylation is 1. The summed E-state index contributed by atoms with van der Waals surface area (Å²) in [6, 6.07) is 0.319. The minimum atomic E-state index is 0.319. The lowest BCUT2D eigenvalue weighted by molar-refractivity contribution is 0.525. The molecule has 2 heterocycles. The van der Waals surface area contributed by atoms with E-state index in [4.69, 9.17) is 10.2 Å². The van der Waals surface area contributed by atoms with Gasteiger partial charge < -0.3 is 10.2 Å². The Balaban J connectivity index is 2.26. The zero-order valence-electron chi connectivity index (χ0n) is 7.75. The second kappa shape index (κ2) is 3.62. The summed E-state index contributed by atoms with van der Waals surface area (Å²) in [5, 5.41) is 0.524. The second-order valence-corrected chi connectivity index (χ2v) is 4.53. The number of hydrogen-bond acceptors (Lipinski definition) is 4. The number of anilines is 1. The van der Waals surface area contributed by atoms with Crippen molar-refractivity contribution in [2.75, 3.05) is 11.5 Å². The molecular formula is C9H14N2OS. The van der Waals surface area contributed by atoms with E-state index in [1.165, 1.54) is 18.6 Å². The van der Waals surface area contributed by atoms with Crippen LogP contribution in [0.5, 0.6) is 0 Å². The average molecular weight is 198 g/mol. The molecule has 1 atom stereocenters. The quantitative estimate of drug-likeness (QED) is 0.792. The number of aromatic nitrogens is 1. The number of rotatable bonds is 2. The Bertz CT molecular complexity index is 292. The Morgan fingerprint density at radius 3 is 3.15 bits per heavy atom. The van der Waals surface area contributed by atoms with Gasteiger partial charge in [-0.1, -0.05) is 6.92 Å². The fourth-order valence-corrected chi connectivity index (χ4v) is 2.97. The molecule has 0 aliphatic carbocycles. The van der Waals surface area contributed by atoms with Gasteiger partial charge >= 0.3 is 0 Å². The molecule has 72 valence electrons. The molecule has 1 aliphatic heterocycles. The van der Waals surface area contributed by atoms with E-state index in [0.717, 1.165) is 17.9 Å². The monoisotopic (exact) mass is 198 g/mol. The average Bonchev–Trinajstić information content (AvgIpc) is 2.71. The van der Waals surface area contributed by atoms with Crippen LogP contribution < -0.4 is 5.73 Å². The molecule has 0 aromatic carbocycles. The molecule has 0 saturated carbocycles. The Morgan fingerprint density at radius 1 is 1.69 bits per heavy atom. The maximum atomic E-state index is 5.54. The summed E-state index contributed by atoms with van der Waals surface area (Å²) in [5.74, 6) is 2.21. The van der Waals surface area contributed by atoms with Crippen LogP contribution in [0, 0.1) is 0 Å². The molecule has 1 aromatic rings. The third kappa shape index (κ3) is 1.68. The predicted molar refractivity (Wildman–Crippen MR) is 54.7 cm³/mol. The van der Waals surface area contributed by atoms with Crippen LogP contribution in [0.3, 0.4) is 0 Å². The molecule has 2 N–H and O–H groups in total. The normalized spacial score (nSPS) is 22.4. The largest absolute Gasteiger partial charge is 0.429 e. The van der Waals surface area contributed by atoms with E-state index in [1.54, 1.807) is 0 Å². The summed E-state index contributed by atoms with van der Waals surface area (Å²) >= 11 is 1.96. The van der Waals surface area contributed by atoms with Gasteiger partial charge in [-0.15, -0.1) is 0 Å². The molecule has 0 bridgehead atoms. The van der Waals surface area contributed by atoms with E-state index in [1.807, 2.05) is 11.8 Å². The van der Waals surface area contributed by atoms with Gasteiger partial charge in [0, 0.05) is 6.42 Å². The van der Waals surface area contributed by atoms with Crippen LogP contribution in [0.4, 0.5) is 6.01 Å². The molecule has 0 amide bonds. The maximum Gasteiger partial charge on any atom is 0.292 e. The summed E-state index contributed by atoms with van der Waals surface area (Å²) < 4.78 is 5.33. The van der Waals surface area contributed by atoms with E-state index in [-0.39, 0.29) is 0 Å². The van der Waals surface area contributed by atoms with Crippen LogP contribution in [-0.2, 0) is 6.42 Å². The third-order valence-corrected chi connectivity index (χ3v) is 3.69. The Hall–Kier alpha value is -0.640. The molecule has 2 rings (SSSR count). The second-order valence-electron chi connectivity index (χ2n) is 3.22. The highest BCUT2D eigenvalue weighted by atomic mass is 32.2. The standard InChI is InChI=1S/C9H14N2OS/c1-2-6-8(11-9(10)12-6)7-4-3-5-13-7/h7H,2-5H2,1H3,(H2,10,11). The van der Waals surface area contributed by atoms with Gasteiger partial charge in [0.1, 0.15) is 5.76 Å². The van der Waals surface area contributed by atoms with Gasteiger partial charge in [-0.25, -0.2) is 0 Å². The summed E-state index contributed by atoms with van der Waals surface area (Å²) in [5.41, 5.74) is 6.62. The molecule has 1 unspecified atom stereocenters. The highest BCUT2D eigenvalue weighted by molar-refractivity contribution is 7.99. The summed E-state index contributed by atoms with van der Waals surface area (Å²) in [6.07, 6.45) is 3.38. The first-order valence-electron chi connectivity index (χ1n) is 4.68. The van der Waals surface area contributed by atoms with Crippen molar-refractivity contribution in [3.63, 3.8) is 0 Å².